The highest BCUT2D eigenvalue weighted by molar-refractivity contribution is 5.91. The number of carbonyl (C=O) groups is 1. The summed E-state index contributed by atoms with van der Waals surface area (Å²) in [5.74, 6) is -1.38. The lowest BCUT2D eigenvalue weighted by Crippen LogP contribution is -2.13. The average molecular weight is 237 g/mol. The molecule has 0 fully saturated rings. The zero-order chi connectivity index (χ0) is 12.6. The molecule has 0 rings (SSSR count). The highest BCUT2D eigenvalue weighted by atomic mass is 19.4. The van der Waals surface area contributed by atoms with Crippen LogP contribution in [0.4, 0.5) is 13.2 Å². The number of hydrogen-bond acceptors (Lipinski definition) is 3. The summed E-state index contributed by atoms with van der Waals surface area (Å²) in [5, 5.41) is 11.5. The number of alkyl halides is 3. The van der Waals surface area contributed by atoms with Gasteiger partial charge in [-0.15, -0.1) is 0 Å². The van der Waals surface area contributed by atoms with Crippen molar-refractivity contribution in [1.82, 2.24) is 5.43 Å². The second kappa shape index (κ2) is 6.49. The minimum Gasteiger partial charge on any atom is -0.478 e. The van der Waals surface area contributed by atoms with Gasteiger partial charge in [-0.1, -0.05) is 6.08 Å². The molecule has 90 valence electrons. The van der Waals surface area contributed by atoms with Gasteiger partial charge in [-0.05, 0) is 6.08 Å². The smallest absolute Gasteiger partial charge is 0.392 e. The molecule has 0 spiro atoms. The first kappa shape index (κ1) is 14.0. The van der Waals surface area contributed by atoms with Gasteiger partial charge in [0.05, 0.1) is 6.42 Å². The first-order chi connectivity index (χ1) is 7.31. The number of carboxylic acids is 1. The molecule has 4 N–H and O–H groups in total. The molecule has 0 radical (unpaired) electrons. The molecule has 0 saturated heterocycles. The van der Waals surface area contributed by atoms with Gasteiger partial charge in [0, 0.05) is 12.3 Å². The zero-order valence-corrected chi connectivity index (χ0v) is 8.03. The van der Waals surface area contributed by atoms with Gasteiger partial charge in [0.2, 0.25) is 0 Å². The maximum absolute atomic E-state index is 11.7. The van der Waals surface area contributed by atoms with E-state index in [1.807, 2.05) is 0 Å². The van der Waals surface area contributed by atoms with Crippen molar-refractivity contribution in [2.75, 3.05) is 0 Å². The fraction of sp³-hybridized carbons (Fsp3) is 0.250. The van der Waals surface area contributed by atoms with Crippen LogP contribution in [-0.2, 0) is 4.79 Å². The molecule has 0 aromatic heterocycles. The van der Waals surface area contributed by atoms with E-state index < -0.39 is 18.6 Å². The number of nitrogens with zero attached hydrogens (tertiary/aromatic N) is 1. The molecule has 16 heavy (non-hydrogen) atoms. The van der Waals surface area contributed by atoms with Crippen molar-refractivity contribution in [3.05, 3.63) is 24.4 Å². The van der Waals surface area contributed by atoms with Gasteiger partial charge in [0.1, 0.15) is 5.84 Å². The number of hydrogen-bond donors (Lipinski definition) is 3. The van der Waals surface area contributed by atoms with Crippen molar-refractivity contribution < 1.29 is 23.1 Å². The third kappa shape index (κ3) is 10.1. The van der Waals surface area contributed by atoms with Crippen LogP contribution in [0.1, 0.15) is 6.42 Å². The lowest BCUT2D eigenvalue weighted by Gasteiger charge is -1.99. The van der Waals surface area contributed by atoms with Crippen LogP contribution in [0, 0.1) is 0 Å². The van der Waals surface area contributed by atoms with Crippen LogP contribution >= 0.6 is 0 Å². The van der Waals surface area contributed by atoms with E-state index in [4.69, 9.17) is 10.8 Å². The van der Waals surface area contributed by atoms with Gasteiger partial charge < -0.3 is 10.8 Å². The summed E-state index contributed by atoms with van der Waals surface area (Å²) >= 11 is 0. The Morgan fingerprint density at radius 2 is 2.06 bits per heavy atom. The molecule has 0 atom stereocenters. The lowest BCUT2D eigenvalue weighted by molar-refractivity contribution is -0.131. The minimum absolute atomic E-state index is 0.195. The Kier molecular flexibility index (Phi) is 5.68. The summed E-state index contributed by atoms with van der Waals surface area (Å²) < 4.78 is 35.0. The van der Waals surface area contributed by atoms with E-state index >= 15 is 0 Å². The van der Waals surface area contributed by atoms with E-state index in [0.717, 1.165) is 24.4 Å². The number of carboxylic acid groups (broad SMARTS) is 1. The molecular weight excluding hydrogens is 227 g/mol. The molecular formula is C8H10F3N3O2. The number of amidine groups is 1. The van der Waals surface area contributed by atoms with E-state index in [1.54, 1.807) is 0 Å². The molecule has 0 aliphatic carbocycles. The predicted octanol–water partition coefficient (Wildman–Crippen LogP) is 0.955. The van der Waals surface area contributed by atoms with Crippen LogP contribution in [0.3, 0.4) is 0 Å². The Labute approximate surface area is 89.1 Å². The molecule has 0 aromatic rings. The molecule has 0 amide bonds. The molecule has 0 aliphatic rings. The van der Waals surface area contributed by atoms with E-state index in [9.17, 15) is 18.0 Å². The average Bonchev–Trinajstić information content (AvgIpc) is 2.10. The number of nitrogens with one attached hydrogen (secondary N) is 1. The summed E-state index contributed by atoms with van der Waals surface area (Å²) in [5.41, 5.74) is 7.31. The Balaban J connectivity index is 4.01. The van der Waals surface area contributed by atoms with E-state index in [0.29, 0.717) is 0 Å². The van der Waals surface area contributed by atoms with Gasteiger partial charge in [-0.2, -0.15) is 18.3 Å². The summed E-state index contributed by atoms with van der Waals surface area (Å²) in [6.45, 7) is 0. The molecule has 0 bridgehead atoms. The number of rotatable bonds is 5. The lowest BCUT2D eigenvalue weighted by atomic mass is 10.3. The molecule has 5 nitrogen and oxygen atoms in total. The Morgan fingerprint density at radius 3 is 2.56 bits per heavy atom. The standard InChI is InChI=1S/C8H10F3N3O2/c9-8(10,11)4-1-2-6(12)14-13-5-3-7(15)16/h1-3,5,13H,4H2,(H2,12,14)(H,15,16)/b2-1+,5-3-. The second-order valence-corrected chi connectivity index (χ2v) is 2.56. The van der Waals surface area contributed by atoms with Crippen molar-refractivity contribution >= 4 is 11.8 Å². The summed E-state index contributed by atoms with van der Waals surface area (Å²) in [6.07, 6.45) is -1.87. The summed E-state index contributed by atoms with van der Waals surface area (Å²) in [7, 11) is 0. The van der Waals surface area contributed by atoms with Gasteiger partial charge in [-0.3, -0.25) is 5.43 Å². The van der Waals surface area contributed by atoms with Crippen LogP contribution in [0.25, 0.3) is 0 Å². The first-order valence-electron chi connectivity index (χ1n) is 4.03. The SMILES string of the molecule is NC(/C=C/CC(F)(F)F)=N\N/C=C\C(=O)O. The highest BCUT2D eigenvalue weighted by Gasteiger charge is 2.24. The van der Waals surface area contributed by atoms with Crippen LogP contribution in [0.5, 0.6) is 0 Å². The zero-order valence-electron chi connectivity index (χ0n) is 8.03. The molecule has 0 aliphatic heterocycles. The number of hydrazone groups is 1. The third-order valence-corrected chi connectivity index (χ3v) is 1.13. The van der Waals surface area contributed by atoms with Crippen molar-refractivity contribution in [3.8, 4) is 0 Å². The Hall–Kier alpha value is -1.99. The summed E-state index contributed by atoms with van der Waals surface area (Å²) in [6, 6.07) is 0. The number of nitrogens with two attached hydrogens (primary N) is 1. The Bertz CT molecular complexity index is 321. The quantitative estimate of drug-likeness (QED) is 0.287. The molecule has 8 heteroatoms. The van der Waals surface area contributed by atoms with Crippen LogP contribution < -0.4 is 11.2 Å². The predicted molar refractivity (Wildman–Crippen MR) is 51.3 cm³/mol. The topological polar surface area (TPSA) is 87.7 Å². The van der Waals surface area contributed by atoms with Crippen LogP contribution in [0.2, 0.25) is 0 Å². The summed E-state index contributed by atoms with van der Waals surface area (Å²) in [4.78, 5) is 9.98. The maximum atomic E-state index is 11.7. The molecule has 0 saturated carbocycles. The first-order valence-corrected chi connectivity index (χ1v) is 4.03. The van der Waals surface area contributed by atoms with Crippen molar-refractivity contribution in [3.63, 3.8) is 0 Å². The minimum atomic E-state index is -4.28. The number of aliphatic carboxylic acids is 1. The number of halogens is 3. The monoisotopic (exact) mass is 237 g/mol. The van der Waals surface area contributed by atoms with E-state index in [-0.39, 0.29) is 5.84 Å². The van der Waals surface area contributed by atoms with Crippen molar-refractivity contribution in [1.29, 1.82) is 0 Å². The fourth-order valence-corrected chi connectivity index (χ4v) is 0.571. The highest BCUT2D eigenvalue weighted by Crippen LogP contribution is 2.19. The molecule has 0 unspecified atom stereocenters. The van der Waals surface area contributed by atoms with E-state index in [1.165, 1.54) is 0 Å². The van der Waals surface area contributed by atoms with Crippen LogP contribution in [0.15, 0.2) is 29.5 Å². The van der Waals surface area contributed by atoms with Gasteiger partial charge in [-0.25, -0.2) is 4.79 Å². The largest absolute Gasteiger partial charge is 0.478 e. The second-order valence-electron chi connectivity index (χ2n) is 2.56. The third-order valence-electron chi connectivity index (χ3n) is 1.13. The molecule has 0 heterocycles. The van der Waals surface area contributed by atoms with Gasteiger partial charge in [0.25, 0.3) is 0 Å². The fourth-order valence-electron chi connectivity index (χ4n) is 0.571. The van der Waals surface area contributed by atoms with Gasteiger partial charge in [0.15, 0.2) is 0 Å². The number of allylic oxidation sites excluding steroid dienone is 1. The van der Waals surface area contributed by atoms with Crippen LogP contribution in [-0.4, -0.2) is 23.1 Å². The maximum Gasteiger partial charge on any atom is 0.392 e. The van der Waals surface area contributed by atoms with Crippen molar-refractivity contribution in [2.45, 2.75) is 12.6 Å². The van der Waals surface area contributed by atoms with E-state index in [2.05, 4.69) is 10.5 Å². The Morgan fingerprint density at radius 1 is 1.44 bits per heavy atom. The van der Waals surface area contributed by atoms with Crippen molar-refractivity contribution in [2.24, 2.45) is 10.8 Å². The van der Waals surface area contributed by atoms with Gasteiger partial charge >= 0.3 is 12.1 Å². The normalized spacial score (nSPS) is 13.6. The molecule has 0 aromatic carbocycles.